The second-order valence-electron chi connectivity index (χ2n) is 7.46. The van der Waals surface area contributed by atoms with Crippen LogP contribution >= 0.6 is 11.8 Å². The summed E-state index contributed by atoms with van der Waals surface area (Å²) in [4.78, 5) is 18.0. The van der Waals surface area contributed by atoms with Crippen LogP contribution in [0.1, 0.15) is 16.7 Å². The number of alkyl halides is 6. The zero-order chi connectivity index (χ0) is 27.4. The molecule has 1 aliphatic rings. The highest BCUT2D eigenvalue weighted by atomic mass is 32.2. The Kier molecular flexibility index (Phi) is 8.76. The van der Waals surface area contributed by atoms with Crippen molar-refractivity contribution in [2.24, 2.45) is 4.99 Å². The second-order valence-corrected chi connectivity index (χ2v) is 8.47. The fraction of sp³-hybridized carbons (Fsp3) is 0.304. The average molecular weight is 550 g/mol. The van der Waals surface area contributed by atoms with E-state index < -0.39 is 35.1 Å². The summed E-state index contributed by atoms with van der Waals surface area (Å²) in [6.07, 6.45) is -8.64. The fourth-order valence-corrected chi connectivity index (χ4v) is 4.19. The molecule has 1 amide bonds. The third-order valence-electron chi connectivity index (χ3n) is 4.94. The van der Waals surface area contributed by atoms with Gasteiger partial charge in [-0.2, -0.15) is 31.3 Å². The number of thioether (sulfide) groups is 1. The van der Waals surface area contributed by atoms with E-state index in [-0.39, 0.29) is 53.9 Å². The highest BCUT2D eigenvalue weighted by Gasteiger charge is 2.39. The molecule has 14 heteroatoms. The minimum absolute atomic E-state index is 0.0298. The van der Waals surface area contributed by atoms with Crippen LogP contribution in [0.15, 0.2) is 46.3 Å². The van der Waals surface area contributed by atoms with Crippen LogP contribution in [0.4, 0.5) is 26.3 Å². The topological polar surface area (TPSA) is 91.6 Å². The standard InChI is InChI=1S/C23H20F6N2O5S/c1-35-18-10-13(11-19-20(34)30-21(37-19)31(6-8-32)7-9-33)2-4-17(18)36-16-5-3-14(22(24,25)26)12-15(16)23(27,28)29/h2-5,10-12,32-33H,6-9H2,1H3/b19-11-. The Morgan fingerprint density at radius 2 is 1.59 bits per heavy atom. The molecule has 0 unspecified atom stereocenters. The van der Waals surface area contributed by atoms with Crippen molar-refractivity contribution in [2.45, 2.75) is 12.4 Å². The Labute approximate surface area is 211 Å². The summed E-state index contributed by atoms with van der Waals surface area (Å²) in [7, 11) is 1.22. The summed E-state index contributed by atoms with van der Waals surface area (Å²) in [5.41, 5.74) is -2.68. The molecule has 0 radical (unpaired) electrons. The fourth-order valence-electron chi connectivity index (χ4n) is 3.22. The largest absolute Gasteiger partial charge is 0.493 e. The molecule has 0 saturated carbocycles. The highest BCUT2D eigenvalue weighted by molar-refractivity contribution is 8.18. The number of aliphatic imine (C=N–C) groups is 1. The van der Waals surface area contributed by atoms with Gasteiger partial charge in [-0.3, -0.25) is 4.79 Å². The second kappa shape index (κ2) is 11.4. The van der Waals surface area contributed by atoms with Crippen molar-refractivity contribution in [2.75, 3.05) is 33.4 Å². The number of hydrogen-bond acceptors (Lipinski definition) is 7. The van der Waals surface area contributed by atoms with E-state index in [0.717, 1.165) is 11.8 Å². The number of amides is 1. The van der Waals surface area contributed by atoms with Gasteiger partial charge in [0.2, 0.25) is 0 Å². The highest BCUT2D eigenvalue weighted by Crippen LogP contribution is 2.43. The first-order chi connectivity index (χ1) is 17.4. The van der Waals surface area contributed by atoms with Crippen LogP contribution in [0.2, 0.25) is 0 Å². The van der Waals surface area contributed by atoms with Crippen LogP contribution in [0.25, 0.3) is 6.08 Å². The Hall–Kier alpha value is -3.23. The maximum absolute atomic E-state index is 13.5. The molecule has 37 heavy (non-hydrogen) atoms. The molecule has 2 N–H and O–H groups in total. The Bertz CT molecular complexity index is 1210. The van der Waals surface area contributed by atoms with E-state index in [1.54, 1.807) is 0 Å². The van der Waals surface area contributed by atoms with Gasteiger partial charge in [-0.25, -0.2) is 0 Å². The number of amidine groups is 1. The van der Waals surface area contributed by atoms with Crippen molar-refractivity contribution in [3.05, 3.63) is 58.0 Å². The van der Waals surface area contributed by atoms with Crippen molar-refractivity contribution in [3.63, 3.8) is 0 Å². The lowest BCUT2D eigenvalue weighted by Gasteiger charge is -2.20. The van der Waals surface area contributed by atoms with Crippen LogP contribution in [0.5, 0.6) is 17.2 Å². The van der Waals surface area contributed by atoms with Gasteiger partial charge in [-0.05, 0) is 53.7 Å². The number of rotatable bonds is 8. The number of aliphatic hydroxyl groups is 2. The average Bonchev–Trinajstić information content (AvgIpc) is 3.18. The molecule has 1 aliphatic heterocycles. The van der Waals surface area contributed by atoms with Gasteiger partial charge >= 0.3 is 12.4 Å². The van der Waals surface area contributed by atoms with Crippen LogP contribution < -0.4 is 9.47 Å². The Morgan fingerprint density at radius 3 is 2.16 bits per heavy atom. The first-order valence-corrected chi connectivity index (χ1v) is 11.3. The van der Waals surface area contributed by atoms with E-state index in [0.29, 0.717) is 17.7 Å². The molecule has 7 nitrogen and oxygen atoms in total. The molecule has 0 spiro atoms. The number of carbonyl (C=O) groups excluding carboxylic acids is 1. The normalized spacial score (nSPS) is 15.2. The third kappa shape index (κ3) is 6.96. The molecule has 0 aromatic heterocycles. The van der Waals surface area contributed by atoms with Crippen LogP contribution in [0, 0.1) is 0 Å². The van der Waals surface area contributed by atoms with Crippen molar-refractivity contribution in [1.82, 2.24) is 4.90 Å². The molecular formula is C23H20F6N2O5S. The van der Waals surface area contributed by atoms with E-state index >= 15 is 0 Å². The van der Waals surface area contributed by atoms with Gasteiger partial charge in [0.1, 0.15) is 5.75 Å². The molecule has 2 aromatic carbocycles. The number of aliphatic hydroxyl groups excluding tert-OH is 2. The molecule has 2 aromatic rings. The molecule has 0 atom stereocenters. The molecule has 3 rings (SSSR count). The van der Waals surface area contributed by atoms with Crippen molar-refractivity contribution in [3.8, 4) is 17.2 Å². The number of methoxy groups -OCH3 is 1. The predicted molar refractivity (Wildman–Crippen MR) is 123 cm³/mol. The molecule has 0 fully saturated rings. The summed E-state index contributed by atoms with van der Waals surface area (Å²) in [6.45, 7) is -0.145. The smallest absolute Gasteiger partial charge is 0.420 e. The summed E-state index contributed by atoms with van der Waals surface area (Å²) in [6, 6.07) is 5.06. The van der Waals surface area contributed by atoms with Gasteiger partial charge < -0.3 is 24.6 Å². The number of hydrogen-bond donors (Lipinski definition) is 2. The molecule has 200 valence electrons. The van der Waals surface area contributed by atoms with Gasteiger partial charge in [0.15, 0.2) is 16.7 Å². The predicted octanol–water partition coefficient (Wildman–Crippen LogP) is 4.78. The lowest BCUT2D eigenvalue weighted by atomic mass is 10.1. The van der Waals surface area contributed by atoms with Crippen molar-refractivity contribution < 1.29 is 50.8 Å². The summed E-state index contributed by atoms with van der Waals surface area (Å²) >= 11 is 1.01. The first-order valence-electron chi connectivity index (χ1n) is 10.5. The van der Waals surface area contributed by atoms with E-state index in [1.165, 1.54) is 36.3 Å². The zero-order valence-electron chi connectivity index (χ0n) is 19.1. The SMILES string of the molecule is COc1cc(/C=C2\SC(N(CCO)CCO)=NC2=O)ccc1Oc1ccc(C(F)(F)F)cc1C(F)(F)F. The molecule has 0 saturated heterocycles. The molecule has 0 bridgehead atoms. The monoisotopic (exact) mass is 550 g/mol. The third-order valence-corrected chi connectivity index (χ3v) is 5.98. The quantitative estimate of drug-likeness (QED) is 0.361. The summed E-state index contributed by atoms with van der Waals surface area (Å²) in [5.74, 6) is -1.66. The number of ether oxygens (including phenoxy) is 2. The molecule has 1 heterocycles. The number of halogens is 6. The van der Waals surface area contributed by atoms with Gasteiger partial charge in [-0.1, -0.05) is 6.07 Å². The summed E-state index contributed by atoms with van der Waals surface area (Å²) in [5, 5.41) is 18.6. The maximum Gasteiger partial charge on any atom is 0.420 e. The molecular weight excluding hydrogens is 530 g/mol. The van der Waals surface area contributed by atoms with Crippen LogP contribution in [-0.2, 0) is 17.1 Å². The minimum atomic E-state index is -5.12. The Morgan fingerprint density at radius 1 is 0.946 bits per heavy atom. The van der Waals surface area contributed by atoms with Crippen molar-refractivity contribution >= 4 is 28.9 Å². The van der Waals surface area contributed by atoms with E-state index in [1.807, 2.05) is 0 Å². The first kappa shape index (κ1) is 28.3. The number of benzene rings is 2. The van der Waals surface area contributed by atoms with E-state index in [9.17, 15) is 31.1 Å². The number of nitrogens with zero attached hydrogens (tertiary/aromatic N) is 2. The van der Waals surface area contributed by atoms with Crippen molar-refractivity contribution in [1.29, 1.82) is 0 Å². The van der Waals surface area contributed by atoms with E-state index in [2.05, 4.69) is 4.99 Å². The van der Waals surface area contributed by atoms with Gasteiger partial charge in [0.05, 0.1) is 36.4 Å². The van der Waals surface area contributed by atoms with Crippen LogP contribution in [0.3, 0.4) is 0 Å². The summed E-state index contributed by atoms with van der Waals surface area (Å²) < 4.78 is 89.6. The zero-order valence-corrected chi connectivity index (χ0v) is 19.9. The molecule has 0 aliphatic carbocycles. The van der Waals surface area contributed by atoms with Crippen LogP contribution in [-0.4, -0.2) is 59.6 Å². The minimum Gasteiger partial charge on any atom is -0.493 e. The Balaban J connectivity index is 1.88. The van der Waals surface area contributed by atoms with Gasteiger partial charge in [0.25, 0.3) is 5.91 Å². The maximum atomic E-state index is 13.5. The lowest BCUT2D eigenvalue weighted by molar-refractivity contribution is -0.143. The van der Waals surface area contributed by atoms with Gasteiger partial charge in [0, 0.05) is 13.1 Å². The van der Waals surface area contributed by atoms with Gasteiger partial charge in [-0.15, -0.1) is 0 Å². The van der Waals surface area contributed by atoms with E-state index in [4.69, 9.17) is 19.7 Å². The lowest BCUT2D eigenvalue weighted by Crippen LogP contribution is -2.33. The number of carbonyl (C=O) groups is 1.